The third-order valence-corrected chi connectivity index (χ3v) is 3.28. The van der Waals surface area contributed by atoms with E-state index in [9.17, 15) is 4.79 Å². The molecule has 1 heterocycles. The van der Waals surface area contributed by atoms with Crippen LogP contribution in [0.5, 0.6) is 0 Å². The van der Waals surface area contributed by atoms with Gasteiger partial charge in [-0.1, -0.05) is 37.0 Å². The number of aliphatic hydroxyl groups excluding tert-OH is 1. The summed E-state index contributed by atoms with van der Waals surface area (Å²) in [6, 6.07) is 3.08. The minimum atomic E-state index is -0.343. The number of hydrogen-bond acceptors (Lipinski definition) is 3. The normalized spacial score (nSPS) is 11.4. The molecule has 0 spiro atoms. The average molecular weight is 305 g/mol. The highest BCUT2D eigenvalue weighted by Crippen LogP contribution is 2.21. The second-order valence-electron chi connectivity index (χ2n) is 5.14. The SMILES string of the molecule is CC(C)(CCCO)CNC(=O)c1nc(Cl)ccc1Cl. The molecule has 1 aromatic heterocycles. The number of nitrogens with zero attached hydrogens (tertiary/aromatic N) is 1. The number of aromatic nitrogens is 1. The van der Waals surface area contributed by atoms with Gasteiger partial charge in [-0.25, -0.2) is 4.98 Å². The molecule has 1 rings (SSSR count). The molecule has 0 fully saturated rings. The van der Waals surface area contributed by atoms with Gasteiger partial charge in [-0.3, -0.25) is 4.79 Å². The molecule has 0 saturated carbocycles. The van der Waals surface area contributed by atoms with Crippen molar-refractivity contribution in [3.63, 3.8) is 0 Å². The Hall–Kier alpha value is -0.840. The van der Waals surface area contributed by atoms with E-state index in [1.165, 1.54) is 6.07 Å². The van der Waals surface area contributed by atoms with Gasteiger partial charge in [0.2, 0.25) is 0 Å². The summed E-state index contributed by atoms with van der Waals surface area (Å²) >= 11 is 11.7. The van der Waals surface area contributed by atoms with Crippen molar-refractivity contribution in [3.8, 4) is 0 Å². The summed E-state index contributed by atoms with van der Waals surface area (Å²) in [6.45, 7) is 4.68. The highest BCUT2D eigenvalue weighted by atomic mass is 35.5. The molecule has 0 unspecified atom stereocenters. The van der Waals surface area contributed by atoms with Gasteiger partial charge in [0.1, 0.15) is 10.8 Å². The molecule has 0 aliphatic heterocycles. The molecular formula is C13H18Cl2N2O2. The van der Waals surface area contributed by atoms with E-state index in [4.69, 9.17) is 28.3 Å². The standard InChI is InChI=1S/C13H18Cl2N2O2/c1-13(2,6-3-7-18)8-16-12(19)11-9(14)4-5-10(15)17-11/h4-5,18H,3,6-8H2,1-2H3,(H,16,19). The fourth-order valence-corrected chi connectivity index (χ4v) is 1.97. The maximum absolute atomic E-state index is 12.0. The topological polar surface area (TPSA) is 62.2 Å². The molecule has 0 aliphatic rings. The predicted octanol–water partition coefficient (Wildman–Crippen LogP) is 2.92. The van der Waals surface area contributed by atoms with Gasteiger partial charge < -0.3 is 10.4 Å². The van der Waals surface area contributed by atoms with Crippen LogP contribution in [0.3, 0.4) is 0 Å². The van der Waals surface area contributed by atoms with E-state index in [1.807, 2.05) is 13.8 Å². The summed E-state index contributed by atoms with van der Waals surface area (Å²) in [7, 11) is 0. The monoisotopic (exact) mass is 304 g/mol. The first kappa shape index (κ1) is 16.2. The number of hydrogen-bond donors (Lipinski definition) is 2. The molecule has 0 aliphatic carbocycles. The average Bonchev–Trinajstić information content (AvgIpc) is 2.36. The minimum absolute atomic E-state index is 0.0938. The lowest BCUT2D eigenvalue weighted by molar-refractivity contribution is 0.0928. The zero-order valence-corrected chi connectivity index (χ0v) is 12.6. The second-order valence-corrected chi connectivity index (χ2v) is 5.93. The lowest BCUT2D eigenvalue weighted by atomic mass is 9.88. The number of carbonyl (C=O) groups is 1. The molecule has 2 N–H and O–H groups in total. The zero-order valence-electron chi connectivity index (χ0n) is 11.0. The molecule has 4 nitrogen and oxygen atoms in total. The lowest BCUT2D eigenvalue weighted by Gasteiger charge is -2.24. The number of pyridine rings is 1. The van der Waals surface area contributed by atoms with Crippen LogP contribution in [0, 0.1) is 5.41 Å². The van der Waals surface area contributed by atoms with Crippen molar-refractivity contribution in [1.82, 2.24) is 10.3 Å². The smallest absolute Gasteiger partial charge is 0.271 e. The Morgan fingerprint density at radius 3 is 2.74 bits per heavy atom. The van der Waals surface area contributed by atoms with Gasteiger partial charge in [0.05, 0.1) is 5.02 Å². The van der Waals surface area contributed by atoms with Crippen LogP contribution in [-0.2, 0) is 0 Å². The van der Waals surface area contributed by atoms with Crippen LogP contribution in [-0.4, -0.2) is 29.1 Å². The molecular weight excluding hydrogens is 287 g/mol. The number of nitrogens with one attached hydrogen (secondary N) is 1. The Bertz CT molecular complexity index is 450. The molecule has 106 valence electrons. The number of carbonyl (C=O) groups excluding carboxylic acids is 1. The van der Waals surface area contributed by atoms with Gasteiger partial charge in [0, 0.05) is 13.2 Å². The summed E-state index contributed by atoms with van der Waals surface area (Å²) in [5.41, 5.74) is 0.0378. The van der Waals surface area contributed by atoms with Gasteiger partial charge >= 0.3 is 0 Å². The van der Waals surface area contributed by atoms with Crippen molar-refractivity contribution >= 4 is 29.1 Å². The maximum Gasteiger partial charge on any atom is 0.271 e. The first-order valence-electron chi connectivity index (χ1n) is 6.07. The van der Waals surface area contributed by atoms with Crippen LogP contribution in [0.4, 0.5) is 0 Å². The molecule has 6 heteroatoms. The van der Waals surface area contributed by atoms with Crippen LogP contribution in [0.15, 0.2) is 12.1 Å². The molecule has 0 atom stereocenters. The van der Waals surface area contributed by atoms with E-state index in [2.05, 4.69) is 10.3 Å². The Morgan fingerprint density at radius 1 is 1.42 bits per heavy atom. The molecule has 0 aromatic carbocycles. The van der Waals surface area contributed by atoms with E-state index < -0.39 is 0 Å². The van der Waals surface area contributed by atoms with Crippen LogP contribution in [0.25, 0.3) is 0 Å². The van der Waals surface area contributed by atoms with Crippen molar-refractivity contribution in [1.29, 1.82) is 0 Å². The van der Waals surface area contributed by atoms with E-state index in [-0.39, 0.29) is 33.8 Å². The molecule has 1 amide bonds. The molecule has 19 heavy (non-hydrogen) atoms. The van der Waals surface area contributed by atoms with Gasteiger partial charge in [-0.15, -0.1) is 0 Å². The number of halogens is 2. The van der Waals surface area contributed by atoms with Gasteiger partial charge in [0.15, 0.2) is 0 Å². The fraction of sp³-hybridized carbons (Fsp3) is 0.538. The van der Waals surface area contributed by atoms with Crippen LogP contribution < -0.4 is 5.32 Å². The summed E-state index contributed by atoms with van der Waals surface area (Å²) in [4.78, 5) is 15.9. The van der Waals surface area contributed by atoms with E-state index in [1.54, 1.807) is 6.07 Å². The van der Waals surface area contributed by atoms with Gasteiger partial charge in [0.25, 0.3) is 5.91 Å². The second kappa shape index (κ2) is 7.08. The molecule has 0 saturated heterocycles. The Labute approximate surface area is 123 Å². The molecule has 0 radical (unpaired) electrons. The minimum Gasteiger partial charge on any atom is -0.396 e. The summed E-state index contributed by atoms with van der Waals surface area (Å²) in [5, 5.41) is 12.1. The Morgan fingerprint density at radius 2 is 2.11 bits per heavy atom. The molecule has 1 aromatic rings. The van der Waals surface area contributed by atoms with Gasteiger partial charge in [-0.2, -0.15) is 0 Å². The van der Waals surface area contributed by atoms with Crippen LogP contribution in [0.2, 0.25) is 10.2 Å². The summed E-state index contributed by atoms with van der Waals surface area (Å²) in [5.74, 6) is -0.343. The first-order valence-corrected chi connectivity index (χ1v) is 6.82. The summed E-state index contributed by atoms with van der Waals surface area (Å²) in [6.07, 6.45) is 1.53. The van der Waals surface area contributed by atoms with Crippen molar-refractivity contribution in [2.75, 3.05) is 13.2 Å². The third kappa shape index (κ3) is 5.35. The van der Waals surface area contributed by atoms with Crippen molar-refractivity contribution in [3.05, 3.63) is 28.0 Å². The Balaban J connectivity index is 2.62. The highest BCUT2D eigenvalue weighted by molar-refractivity contribution is 6.34. The van der Waals surface area contributed by atoms with Crippen molar-refractivity contribution < 1.29 is 9.90 Å². The Kier molecular flexibility index (Phi) is 6.04. The van der Waals surface area contributed by atoms with Crippen molar-refractivity contribution in [2.24, 2.45) is 5.41 Å². The van der Waals surface area contributed by atoms with E-state index in [0.717, 1.165) is 6.42 Å². The quantitative estimate of drug-likeness (QED) is 0.794. The maximum atomic E-state index is 12.0. The highest BCUT2D eigenvalue weighted by Gasteiger charge is 2.20. The number of rotatable bonds is 6. The number of amides is 1. The number of aliphatic hydroxyl groups is 1. The summed E-state index contributed by atoms with van der Waals surface area (Å²) < 4.78 is 0. The fourth-order valence-electron chi connectivity index (χ4n) is 1.63. The van der Waals surface area contributed by atoms with Crippen molar-refractivity contribution in [2.45, 2.75) is 26.7 Å². The largest absolute Gasteiger partial charge is 0.396 e. The van der Waals surface area contributed by atoms with E-state index >= 15 is 0 Å². The van der Waals surface area contributed by atoms with Crippen LogP contribution >= 0.6 is 23.2 Å². The van der Waals surface area contributed by atoms with Crippen LogP contribution in [0.1, 0.15) is 37.2 Å². The predicted molar refractivity (Wildman–Crippen MR) is 76.7 cm³/mol. The lowest BCUT2D eigenvalue weighted by Crippen LogP contribution is -2.34. The van der Waals surface area contributed by atoms with Gasteiger partial charge in [-0.05, 0) is 30.4 Å². The molecule has 0 bridgehead atoms. The third-order valence-electron chi connectivity index (χ3n) is 2.77. The zero-order chi connectivity index (χ0) is 14.5. The van der Waals surface area contributed by atoms with E-state index in [0.29, 0.717) is 13.0 Å². The first-order chi connectivity index (χ1) is 8.85.